The van der Waals surface area contributed by atoms with Gasteiger partial charge in [-0.3, -0.25) is 9.59 Å². The monoisotopic (exact) mass is 382 g/mol. The van der Waals surface area contributed by atoms with E-state index in [4.69, 9.17) is 4.74 Å². The molecule has 0 radical (unpaired) electrons. The van der Waals surface area contributed by atoms with Gasteiger partial charge in [0.15, 0.2) is 18.1 Å². The number of piperazine rings is 1. The molecule has 0 bridgehead atoms. The van der Waals surface area contributed by atoms with E-state index in [0.29, 0.717) is 31.9 Å². The van der Waals surface area contributed by atoms with Gasteiger partial charge in [-0.05, 0) is 36.5 Å². The number of benzene rings is 2. The van der Waals surface area contributed by atoms with Crippen molar-refractivity contribution in [1.82, 2.24) is 9.80 Å². The maximum Gasteiger partial charge on any atom is 0.260 e. The molecule has 6 nitrogen and oxygen atoms in total. The standard InChI is InChI=1S/C13H16N2O4.C9H10/c16-10-14-5-7-15(8-6-14)13(18)9-19-12-4-2-1-3-11(12)17;1-2-4-8(5-3-1)9-6-7-9/h1-4,10,17H,5-9H2;1-5,9H,6-7H2. The Balaban J connectivity index is 0.000000206. The van der Waals surface area contributed by atoms with Crippen molar-refractivity contribution in [3.63, 3.8) is 0 Å². The Kier molecular flexibility index (Phi) is 6.89. The average Bonchev–Trinajstić information content (AvgIpc) is 3.60. The molecular formula is C22H26N2O4. The van der Waals surface area contributed by atoms with Crippen LogP contribution in [0.4, 0.5) is 0 Å². The van der Waals surface area contributed by atoms with Crippen LogP contribution in [0.5, 0.6) is 11.5 Å². The average molecular weight is 382 g/mol. The summed E-state index contributed by atoms with van der Waals surface area (Å²) in [7, 11) is 0. The summed E-state index contributed by atoms with van der Waals surface area (Å²) in [5.41, 5.74) is 1.53. The summed E-state index contributed by atoms with van der Waals surface area (Å²) < 4.78 is 5.28. The number of ether oxygens (including phenoxy) is 1. The lowest BCUT2D eigenvalue weighted by Crippen LogP contribution is -2.49. The van der Waals surface area contributed by atoms with Crippen LogP contribution in [0.2, 0.25) is 0 Å². The highest BCUT2D eigenvalue weighted by molar-refractivity contribution is 5.78. The number of phenolic OH excluding ortho intramolecular Hbond substituents is 1. The molecule has 148 valence electrons. The number of aromatic hydroxyl groups is 1. The Morgan fingerprint density at radius 3 is 2.25 bits per heavy atom. The minimum absolute atomic E-state index is 0.0149. The Hall–Kier alpha value is -3.02. The number of hydrogen-bond acceptors (Lipinski definition) is 4. The molecule has 6 heteroatoms. The lowest BCUT2D eigenvalue weighted by atomic mass is 10.1. The molecule has 0 spiro atoms. The second kappa shape index (κ2) is 9.78. The number of carbonyl (C=O) groups excluding carboxylic acids is 2. The van der Waals surface area contributed by atoms with Gasteiger partial charge in [-0.1, -0.05) is 42.5 Å². The van der Waals surface area contributed by atoms with Gasteiger partial charge in [0.1, 0.15) is 0 Å². The first kappa shape index (κ1) is 19.7. The fourth-order valence-corrected chi connectivity index (χ4v) is 3.03. The molecule has 2 amide bonds. The van der Waals surface area contributed by atoms with Crippen molar-refractivity contribution >= 4 is 12.3 Å². The number of para-hydroxylation sites is 2. The zero-order chi connectivity index (χ0) is 19.8. The Labute approximate surface area is 165 Å². The highest BCUT2D eigenvalue weighted by atomic mass is 16.5. The summed E-state index contributed by atoms with van der Waals surface area (Å²) in [6.45, 7) is 2.01. The van der Waals surface area contributed by atoms with Crippen LogP contribution < -0.4 is 4.74 Å². The van der Waals surface area contributed by atoms with Crippen molar-refractivity contribution in [2.45, 2.75) is 18.8 Å². The smallest absolute Gasteiger partial charge is 0.260 e. The van der Waals surface area contributed by atoms with Gasteiger partial charge >= 0.3 is 0 Å². The van der Waals surface area contributed by atoms with Crippen molar-refractivity contribution in [2.75, 3.05) is 32.8 Å². The topological polar surface area (TPSA) is 70.1 Å². The zero-order valence-electron chi connectivity index (χ0n) is 15.9. The molecule has 1 heterocycles. The predicted octanol–water partition coefficient (Wildman–Crippen LogP) is 2.64. The molecule has 28 heavy (non-hydrogen) atoms. The number of rotatable bonds is 5. The third-order valence-electron chi connectivity index (χ3n) is 4.88. The summed E-state index contributed by atoms with van der Waals surface area (Å²) in [6, 6.07) is 17.3. The van der Waals surface area contributed by atoms with E-state index < -0.39 is 0 Å². The number of amides is 2. The molecule has 2 aliphatic rings. The van der Waals surface area contributed by atoms with Crippen molar-refractivity contribution in [3.8, 4) is 11.5 Å². The summed E-state index contributed by atoms with van der Waals surface area (Å²) in [6.07, 6.45) is 3.61. The molecule has 1 saturated heterocycles. The summed E-state index contributed by atoms with van der Waals surface area (Å²) in [4.78, 5) is 25.7. The van der Waals surface area contributed by atoms with Crippen molar-refractivity contribution in [3.05, 3.63) is 60.2 Å². The number of hydrogen-bond donors (Lipinski definition) is 1. The van der Waals surface area contributed by atoms with E-state index in [1.165, 1.54) is 24.5 Å². The number of phenols is 1. The first-order valence-electron chi connectivity index (χ1n) is 9.60. The van der Waals surface area contributed by atoms with Crippen molar-refractivity contribution in [2.24, 2.45) is 0 Å². The van der Waals surface area contributed by atoms with E-state index in [9.17, 15) is 14.7 Å². The molecule has 0 unspecified atom stereocenters. The number of carbonyl (C=O) groups is 2. The van der Waals surface area contributed by atoms with E-state index >= 15 is 0 Å². The van der Waals surface area contributed by atoms with E-state index in [-0.39, 0.29) is 18.3 Å². The van der Waals surface area contributed by atoms with Gasteiger partial charge in [-0.25, -0.2) is 0 Å². The van der Waals surface area contributed by atoms with Gasteiger partial charge in [0, 0.05) is 26.2 Å². The van der Waals surface area contributed by atoms with Crippen LogP contribution in [0, 0.1) is 0 Å². The molecule has 1 N–H and O–H groups in total. The van der Waals surface area contributed by atoms with Crippen LogP contribution in [-0.4, -0.2) is 60.0 Å². The van der Waals surface area contributed by atoms with Crippen molar-refractivity contribution in [1.29, 1.82) is 0 Å². The van der Waals surface area contributed by atoms with Crippen LogP contribution in [-0.2, 0) is 9.59 Å². The van der Waals surface area contributed by atoms with Crippen LogP contribution in [0.25, 0.3) is 0 Å². The lowest BCUT2D eigenvalue weighted by molar-refractivity contribution is -0.137. The van der Waals surface area contributed by atoms with Crippen LogP contribution in [0.15, 0.2) is 54.6 Å². The second-order valence-corrected chi connectivity index (χ2v) is 6.96. The molecule has 0 aromatic heterocycles. The predicted molar refractivity (Wildman–Crippen MR) is 106 cm³/mol. The lowest BCUT2D eigenvalue weighted by Gasteiger charge is -2.32. The fraction of sp³-hybridized carbons (Fsp3) is 0.364. The van der Waals surface area contributed by atoms with Gasteiger partial charge in [0.2, 0.25) is 6.41 Å². The SMILES string of the molecule is O=CN1CCN(C(=O)COc2ccccc2O)CC1.c1ccc(C2CC2)cc1. The van der Waals surface area contributed by atoms with Crippen LogP contribution in [0.1, 0.15) is 24.3 Å². The van der Waals surface area contributed by atoms with Gasteiger partial charge in [0.25, 0.3) is 5.91 Å². The molecule has 0 atom stereocenters. The molecule has 2 aromatic rings. The maximum absolute atomic E-state index is 11.9. The highest BCUT2D eigenvalue weighted by Crippen LogP contribution is 2.39. The third kappa shape index (κ3) is 5.74. The first-order chi connectivity index (χ1) is 13.7. The largest absolute Gasteiger partial charge is 0.504 e. The third-order valence-corrected chi connectivity index (χ3v) is 4.88. The first-order valence-corrected chi connectivity index (χ1v) is 9.60. The fourth-order valence-electron chi connectivity index (χ4n) is 3.03. The molecule has 1 aliphatic heterocycles. The zero-order valence-corrected chi connectivity index (χ0v) is 15.9. The minimum Gasteiger partial charge on any atom is -0.504 e. The minimum atomic E-state index is -0.145. The normalized spacial score (nSPS) is 16.0. The van der Waals surface area contributed by atoms with E-state index in [0.717, 1.165) is 12.3 Å². The highest BCUT2D eigenvalue weighted by Gasteiger charge is 2.22. The molecular weight excluding hydrogens is 356 g/mol. The second-order valence-electron chi connectivity index (χ2n) is 6.96. The van der Waals surface area contributed by atoms with Gasteiger partial charge in [-0.15, -0.1) is 0 Å². The Morgan fingerprint density at radius 1 is 1.00 bits per heavy atom. The molecule has 2 aromatic carbocycles. The molecule has 1 saturated carbocycles. The molecule has 1 aliphatic carbocycles. The van der Waals surface area contributed by atoms with Gasteiger partial charge in [0.05, 0.1) is 0 Å². The summed E-state index contributed by atoms with van der Waals surface area (Å²) in [5, 5.41) is 9.50. The Bertz CT molecular complexity index is 769. The molecule has 4 rings (SSSR count). The maximum atomic E-state index is 11.9. The number of nitrogens with zero attached hydrogens (tertiary/aromatic N) is 2. The van der Waals surface area contributed by atoms with Gasteiger partial charge in [-0.2, -0.15) is 0 Å². The van der Waals surface area contributed by atoms with Crippen LogP contribution in [0.3, 0.4) is 0 Å². The quantitative estimate of drug-likeness (QED) is 0.807. The van der Waals surface area contributed by atoms with E-state index in [2.05, 4.69) is 30.3 Å². The Morgan fingerprint density at radius 2 is 1.64 bits per heavy atom. The van der Waals surface area contributed by atoms with Crippen LogP contribution >= 0.6 is 0 Å². The molecule has 2 fully saturated rings. The van der Waals surface area contributed by atoms with Gasteiger partial charge < -0.3 is 19.6 Å². The van der Waals surface area contributed by atoms with E-state index in [1.807, 2.05) is 0 Å². The van der Waals surface area contributed by atoms with E-state index in [1.54, 1.807) is 28.0 Å². The summed E-state index contributed by atoms with van der Waals surface area (Å²) >= 11 is 0. The van der Waals surface area contributed by atoms with Crippen molar-refractivity contribution < 1.29 is 19.4 Å². The summed E-state index contributed by atoms with van der Waals surface area (Å²) in [5.74, 6) is 1.07.